The first kappa shape index (κ1) is 11.0. The summed E-state index contributed by atoms with van der Waals surface area (Å²) in [6.07, 6.45) is 0. The van der Waals surface area contributed by atoms with Gasteiger partial charge in [-0.1, -0.05) is 0 Å². The molecule has 0 aliphatic rings. The van der Waals surface area contributed by atoms with Crippen molar-refractivity contribution in [2.45, 2.75) is 26.4 Å². The first-order valence-electron chi connectivity index (χ1n) is 4.28. The summed E-state index contributed by atoms with van der Waals surface area (Å²) in [6, 6.07) is 1.68. The normalized spacial score (nSPS) is 11.1. The number of hydrogen-bond acceptors (Lipinski definition) is 4. The van der Waals surface area contributed by atoms with E-state index in [0.29, 0.717) is 10.6 Å². The topological polar surface area (TPSA) is 35.5 Å². The molecule has 0 unspecified atom stereocenters. The summed E-state index contributed by atoms with van der Waals surface area (Å²) in [4.78, 5) is 12.1. The third kappa shape index (κ3) is 3.03. The summed E-state index contributed by atoms with van der Waals surface area (Å²) in [7, 11) is 1.57. The van der Waals surface area contributed by atoms with Crippen molar-refractivity contribution in [3.8, 4) is 5.75 Å². The maximum Gasteiger partial charge on any atom is 0.348 e. The van der Waals surface area contributed by atoms with Crippen molar-refractivity contribution in [1.29, 1.82) is 0 Å². The highest BCUT2D eigenvalue weighted by Crippen LogP contribution is 2.23. The Kier molecular flexibility index (Phi) is 3.16. The molecule has 0 aliphatic heterocycles. The molecule has 0 amide bonds. The molecule has 3 nitrogen and oxygen atoms in total. The molecule has 1 aromatic heterocycles. The van der Waals surface area contributed by atoms with Crippen LogP contribution in [0.25, 0.3) is 0 Å². The van der Waals surface area contributed by atoms with Crippen molar-refractivity contribution < 1.29 is 14.3 Å². The summed E-state index contributed by atoms with van der Waals surface area (Å²) in [6.45, 7) is 5.53. The number of methoxy groups -OCH3 is 1. The van der Waals surface area contributed by atoms with Crippen LogP contribution in [0.1, 0.15) is 30.4 Å². The molecule has 0 atom stereocenters. The second-order valence-corrected chi connectivity index (χ2v) is 4.76. The largest absolute Gasteiger partial charge is 0.496 e. The molecular weight excluding hydrogens is 200 g/mol. The maximum absolute atomic E-state index is 11.5. The molecule has 1 rings (SSSR count). The highest BCUT2D eigenvalue weighted by Gasteiger charge is 2.19. The van der Waals surface area contributed by atoms with E-state index in [2.05, 4.69) is 0 Å². The molecule has 0 aliphatic carbocycles. The first-order valence-corrected chi connectivity index (χ1v) is 5.16. The summed E-state index contributed by atoms with van der Waals surface area (Å²) >= 11 is 1.32. The van der Waals surface area contributed by atoms with Gasteiger partial charge in [0.25, 0.3) is 0 Å². The van der Waals surface area contributed by atoms with Crippen LogP contribution in [0.3, 0.4) is 0 Å². The van der Waals surface area contributed by atoms with Crippen LogP contribution in [0.2, 0.25) is 0 Å². The molecule has 78 valence electrons. The SMILES string of the molecule is COc1csc(C(=O)OC(C)(C)C)c1. The van der Waals surface area contributed by atoms with Crippen LogP contribution in [0, 0.1) is 0 Å². The summed E-state index contributed by atoms with van der Waals surface area (Å²) in [5, 5.41) is 1.78. The van der Waals surface area contributed by atoms with Crippen molar-refractivity contribution in [1.82, 2.24) is 0 Å². The summed E-state index contributed by atoms with van der Waals surface area (Å²) in [5.74, 6) is 0.390. The second-order valence-electron chi connectivity index (χ2n) is 3.85. The maximum atomic E-state index is 11.5. The minimum Gasteiger partial charge on any atom is -0.496 e. The fourth-order valence-corrected chi connectivity index (χ4v) is 1.59. The average Bonchev–Trinajstić information content (AvgIpc) is 2.48. The van der Waals surface area contributed by atoms with Crippen molar-refractivity contribution in [2.24, 2.45) is 0 Å². The zero-order valence-corrected chi connectivity index (χ0v) is 9.60. The number of hydrogen-bond donors (Lipinski definition) is 0. The smallest absolute Gasteiger partial charge is 0.348 e. The van der Waals surface area contributed by atoms with E-state index >= 15 is 0 Å². The standard InChI is InChI=1S/C10H14O3S/c1-10(2,3)13-9(11)8-5-7(12-4)6-14-8/h5-6H,1-4H3. The molecule has 0 spiro atoms. The Labute approximate surface area is 87.7 Å². The summed E-state index contributed by atoms with van der Waals surface area (Å²) in [5.41, 5.74) is -0.450. The third-order valence-electron chi connectivity index (χ3n) is 1.41. The van der Waals surface area contributed by atoms with Gasteiger partial charge in [-0.2, -0.15) is 0 Å². The molecule has 1 heterocycles. The van der Waals surface area contributed by atoms with E-state index in [9.17, 15) is 4.79 Å². The van der Waals surface area contributed by atoms with E-state index in [4.69, 9.17) is 9.47 Å². The van der Waals surface area contributed by atoms with Gasteiger partial charge in [0.2, 0.25) is 0 Å². The van der Waals surface area contributed by atoms with Crippen LogP contribution < -0.4 is 4.74 Å². The van der Waals surface area contributed by atoms with Gasteiger partial charge in [0.15, 0.2) is 0 Å². The minimum absolute atomic E-state index is 0.300. The molecule has 4 heteroatoms. The van der Waals surface area contributed by atoms with Gasteiger partial charge in [0.05, 0.1) is 7.11 Å². The molecular formula is C10H14O3S. The Bertz CT molecular complexity index is 322. The second kappa shape index (κ2) is 4.00. The summed E-state index contributed by atoms with van der Waals surface area (Å²) < 4.78 is 10.2. The van der Waals surface area contributed by atoms with Crippen LogP contribution in [-0.2, 0) is 4.74 Å². The lowest BCUT2D eigenvalue weighted by molar-refractivity contribution is 0.00750. The van der Waals surface area contributed by atoms with Crippen LogP contribution in [-0.4, -0.2) is 18.7 Å². The third-order valence-corrected chi connectivity index (χ3v) is 2.30. The molecule has 0 bridgehead atoms. The van der Waals surface area contributed by atoms with Crippen molar-refractivity contribution in [2.75, 3.05) is 7.11 Å². The number of esters is 1. The Morgan fingerprint density at radius 2 is 2.07 bits per heavy atom. The molecule has 14 heavy (non-hydrogen) atoms. The van der Waals surface area contributed by atoms with Crippen molar-refractivity contribution >= 4 is 17.3 Å². The number of thiophene rings is 1. The van der Waals surface area contributed by atoms with Gasteiger partial charge < -0.3 is 9.47 Å². The number of carbonyl (C=O) groups is 1. The molecule has 1 aromatic rings. The molecule has 0 aromatic carbocycles. The minimum atomic E-state index is -0.450. The lowest BCUT2D eigenvalue weighted by atomic mass is 10.2. The zero-order valence-electron chi connectivity index (χ0n) is 8.79. The van der Waals surface area contributed by atoms with E-state index < -0.39 is 5.60 Å². The van der Waals surface area contributed by atoms with Gasteiger partial charge in [-0.25, -0.2) is 4.79 Å². The quantitative estimate of drug-likeness (QED) is 0.710. The van der Waals surface area contributed by atoms with E-state index in [1.54, 1.807) is 18.6 Å². The molecule has 0 fully saturated rings. The van der Waals surface area contributed by atoms with E-state index in [0.717, 1.165) is 0 Å². The predicted octanol–water partition coefficient (Wildman–Crippen LogP) is 2.71. The van der Waals surface area contributed by atoms with Gasteiger partial charge in [0.1, 0.15) is 16.2 Å². The zero-order chi connectivity index (χ0) is 10.8. The van der Waals surface area contributed by atoms with Gasteiger partial charge in [-0.3, -0.25) is 0 Å². The Morgan fingerprint density at radius 3 is 2.50 bits per heavy atom. The first-order chi connectivity index (χ1) is 6.42. The fraction of sp³-hybridized carbons (Fsp3) is 0.500. The number of rotatable bonds is 2. The highest BCUT2D eigenvalue weighted by atomic mass is 32.1. The Morgan fingerprint density at radius 1 is 1.43 bits per heavy atom. The number of ether oxygens (including phenoxy) is 2. The van der Waals surface area contributed by atoms with Crippen LogP contribution in [0.5, 0.6) is 5.75 Å². The number of carbonyl (C=O) groups excluding carboxylic acids is 1. The van der Waals surface area contributed by atoms with E-state index in [1.807, 2.05) is 20.8 Å². The molecule has 0 radical (unpaired) electrons. The van der Waals surface area contributed by atoms with Gasteiger partial charge >= 0.3 is 5.97 Å². The Balaban J connectivity index is 2.70. The van der Waals surface area contributed by atoms with E-state index in [-0.39, 0.29) is 5.97 Å². The van der Waals surface area contributed by atoms with Crippen molar-refractivity contribution in [3.05, 3.63) is 16.3 Å². The Hall–Kier alpha value is -1.03. The van der Waals surface area contributed by atoms with Crippen LogP contribution in [0.15, 0.2) is 11.4 Å². The van der Waals surface area contributed by atoms with Crippen molar-refractivity contribution in [3.63, 3.8) is 0 Å². The molecule has 0 N–H and O–H groups in total. The average molecular weight is 214 g/mol. The predicted molar refractivity (Wildman–Crippen MR) is 56.0 cm³/mol. The van der Waals surface area contributed by atoms with Gasteiger partial charge in [-0.15, -0.1) is 11.3 Å². The van der Waals surface area contributed by atoms with Crippen LogP contribution in [0.4, 0.5) is 0 Å². The lowest BCUT2D eigenvalue weighted by Crippen LogP contribution is -2.23. The van der Waals surface area contributed by atoms with Gasteiger partial charge in [-0.05, 0) is 20.8 Å². The highest BCUT2D eigenvalue weighted by molar-refractivity contribution is 7.12. The van der Waals surface area contributed by atoms with Crippen LogP contribution >= 0.6 is 11.3 Å². The molecule has 0 saturated carbocycles. The molecule has 0 saturated heterocycles. The fourth-order valence-electron chi connectivity index (χ4n) is 0.861. The lowest BCUT2D eigenvalue weighted by Gasteiger charge is -2.18. The monoisotopic (exact) mass is 214 g/mol. The van der Waals surface area contributed by atoms with E-state index in [1.165, 1.54) is 11.3 Å². The van der Waals surface area contributed by atoms with Gasteiger partial charge in [0, 0.05) is 11.4 Å².